The second kappa shape index (κ2) is 6.22. The van der Waals surface area contributed by atoms with Crippen molar-refractivity contribution in [1.29, 1.82) is 0 Å². The fraction of sp³-hybridized carbons (Fsp3) is 0.500. The van der Waals surface area contributed by atoms with E-state index in [4.69, 9.17) is 23.2 Å². The lowest BCUT2D eigenvalue weighted by molar-refractivity contribution is -0.130. The highest BCUT2D eigenvalue weighted by molar-refractivity contribution is 7.20. The fourth-order valence-corrected chi connectivity index (χ4v) is 3.54. The van der Waals surface area contributed by atoms with Gasteiger partial charge < -0.3 is 4.90 Å². The van der Waals surface area contributed by atoms with Crippen LogP contribution in [0.15, 0.2) is 6.07 Å². The van der Waals surface area contributed by atoms with Crippen LogP contribution in [0.1, 0.15) is 17.3 Å². The Bertz CT molecular complexity index is 496. The molecule has 7 heteroatoms. The molecule has 2 heterocycles. The van der Waals surface area contributed by atoms with E-state index in [0.717, 1.165) is 0 Å². The van der Waals surface area contributed by atoms with Gasteiger partial charge in [0.05, 0.1) is 16.4 Å². The van der Waals surface area contributed by atoms with Crippen molar-refractivity contribution in [2.24, 2.45) is 0 Å². The minimum atomic E-state index is -0.0237. The molecule has 1 saturated heterocycles. The molecule has 1 aliphatic heterocycles. The molecule has 1 fully saturated rings. The average Bonchev–Trinajstić information content (AvgIpc) is 2.69. The number of hydrogen-bond donors (Lipinski definition) is 0. The number of carbonyl (C=O) groups excluding carboxylic acids is 2. The van der Waals surface area contributed by atoms with Gasteiger partial charge in [-0.25, -0.2) is 0 Å². The summed E-state index contributed by atoms with van der Waals surface area (Å²) in [6.07, 6.45) is 0. The van der Waals surface area contributed by atoms with Gasteiger partial charge in [0.2, 0.25) is 5.91 Å². The van der Waals surface area contributed by atoms with Crippen LogP contribution in [0.2, 0.25) is 8.67 Å². The first-order chi connectivity index (χ1) is 8.97. The van der Waals surface area contributed by atoms with Crippen molar-refractivity contribution >= 4 is 46.2 Å². The number of Topliss-reactive ketones (excluding diaryl/α,β-unsaturated/α-hetero) is 1. The summed E-state index contributed by atoms with van der Waals surface area (Å²) in [5, 5.41) is 0. The minimum Gasteiger partial charge on any atom is -0.340 e. The normalized spacial score (nSPS) is 16.7. The zero-order valence-corrected chi connectivity index (χ0v) is 12.8. The van der Waals surface area contributed by atoms with E-state index < -0.39 is 0 Å². The van der Waals surface area contributed by atoms with Crippen molar-refractivity contribution in [3.05, 3.63) is 20.3 Å². The Balaban J connectivity index is 1.91. The highest BCUT2D eigenvalue weighted by Gasteiger charge is 2.22. The number of ketones is 1. The van der Waals surface area contributed by atoms with Crippen LogP contribution >= 0.6 is 34.5 Å². The summed E-state index contributed by atoms with van der Waals surface area (Å²) >= 11 is 13.0. The first-order valence-electron chi connectivity index (χ1n) is 5.93. The summed E-state index contributed by atoms with van der Waals surface area (Å²) < 4.78 is 0.965. The van der Waals surface area contributed by atoms with Crippen molar-refractivity contribution < 1.29 is 9.59 Å². The summed E-state index contributed by atoms with van der Waals surface area (Å²) in [6, 6.07) is 1.61. The summed E-state index contributed by atoms with van der Waals surface area (Å²) in [7, 11) is 0. The maximum absolute atomic E-state index is 12.1. The molecule has 0 N–H and O–H groups in total. The lowest BCUT2D eigenvalue weighted by Crippen LogP contribution is -2.49. The smallest absolute Gasteiger partial charge is 0.219 e. The van der Waals surface area contributed by atoms with E-state index >= 15 is 0 Å². The predicted molar refractivity (Wildman–Crippen MR) is 77.4 cm³/mol. The van der Waals surface area contributed by atoms with Crippen LogP contribution in [0, 0.1) is 0 Å². The molecule has 0 saturated carbocycles. The van der Waals surface area contributed by atoms with Crippen molar-refractivity contribution in [3.63, 3.8) is 0 Å². The van der Waals surface area contributed by atoms with Gasteiger partial charge in [-0.3, -0.25) is 14.5 Å². The van der Waals surface area contributed by atoms with E-state index in [9.17, 15) is 9.59 Å². The molecule has 0 spiro atoms. The monoisotopic (exact) mass is 320 g/mol. The van der Waals surface area contributed by atoms with E-state index in [1.807, 2.05) is 4.90 Å². The molecule has 1 aromatic heterocycles. The standard InChI is InChI=1S/C12H14Cl2N2O2S/c1-8(17)16-4-2-15(3-5-16)7-10(18)9-6-11(13)19-12(9)14/h6H,2-5,7H2,1H3. The molecule has 104 valence electrons. The van der Waals surface area contributed by atoms with Crippen LogP contribution in [0.4, 0.5) is 0 Å². The van der Waals surface area contributed by atoms with Gasteiger partial charge in [-0.15, -0.1) is 11.3 Å². The Labute approximate surface area is 125 Å². The maximum Gasteiger partial charge on any atom is 0.219 e. The molecule has 0 aromatic carbocycles. The van der Waals surface area contributed by atoms with Gasteiger partial charge in [0.15, 0.2) is 5.78 Å². The molecule has 1 aromatic rings. The molecule has 1 amide bonds. The Morgan fingerprint density at radius 1 is 1.26 bits per heavy atom. The van der Waals surface area contributed by atoms with E-state index in [0.29, 0.717) is 47.0 Å². The topological polar surface area (TPSA) is 40.6 Å². The number of hydrogen-bond acceptors (Lipinski definition) is 4. The molecular weight excluding hydrogens is 307 g/mol. The van der Waals surface area contributed by atoms with E-state index in [-0.39, 0.29) is 11.7 Å². The average molecular weight is 321 g/mol. The molecule has 0 aliphatic carbocycles. The summed E-state index contributed by atoms with van der Waals surface area (Å²) in [6.45, 7) is 4.63. The third-order valence-electron chi connectivity index (χ3n) is 3.14. The van der Waals surface area contributed by atoms with Gasteiger partial charge in [-0.1, -0.05) is 23.2 Å². The van der Waals surface area contributed by atoms with Crippen LogP contribution < -0.4 is 0 Å². The lowest BCUT2D eigenvalue weighted by Gasteiger charge is -2.33. The summed E-state index contributed by atoms with van der Waals surface area (Å²) in [5.41, 5.74) is 0.491. The minimum absolute atomic E-state index is 0.0237. The van der Waals surface area contributed by atoms with Crippen molar-refractivity contribution in [1.82, 2.24) is 9.80 Å². The van der Waals surface area contributed by atoms with E-state index in [1.54, 1.807) is 17.9 Å². The number of nitrogens with zero attached hydrogens (tertiary/aromatic N) is 2. The largest absolute Gasteiger partial charge is 0.340 e. The van der Waals surface area contributed by atoms with Gasteiger partial charge in [-0.05, 0) is 6.07 Å². The molecule has 2 rings (SSSR count). The second-order valence-corrected chi connectivity index (χ2v) is 6.73. The van der Waals surface area contributed by atoms with Gasteiger partial charge in [0.1, 0.15) is 4.34 Å². The van der Waals surface area contributed by atoms with Gasteiger partial charge in [0, 0.05) is 33.1 Å². The Kier molecular flexibility index (Phi) is 4.84. The van der Waals surface area contributed by atoms with E-state index in [1.165, 1.54) is 11.3 Å². The Morgan fingerprint density at radius 2 is 1.89 bits per heavy atom. The number of halogens is 2. The molecule has 0 radical (unpaired) electrons. The van der Waals surface area contributed by atoms with E-state index in [2.05, 4.69) is 0 Å². The molecule has 0 bridgehead atoms. The lowest BCUT2D eigenvalue weighted by atomic mass is 10.2. The fourth-order valence-electron chi connectivity index (χ4n) is 2.04. The van der Waals surface area contributed by atoms with Gasteiger partial charge in [0.25, 0.3) is 0 Å². The highest BCUT2D eigenvalue weighted by atomic mass is 35.5. The molecule has 0 unspecified atom stereocenters. The zero-order chi connectivity index (χ0) is 14.0. The first-order valence-corrected chi connectivity index (χ1v) is 7.50. The number of carbonyl (C=O) groups is 2. The molecule has 1 aliphatic rings. The van der Waals surface area contributed by atoms with Crippen LogP contribution in [-0.4, -0.2) is 54.2 Å². The third kappa shape index (κ3) is 3.69. The van der Waals surface area contributed by atoms with Gasteiger partial charge >= 0.3 is 0 Å². The van der Waals surface area contributed by atoms with Crippen molar-refractivity contribution in [3.8, 4) is 0 Å². The quantitative estimate of drug-likeness (QED) is 0.803. The molecule has 0 atom stereocenters. The predicted octanol–water partition coefficient (Wildman–Crippen LogP) is 2.40. The van der Waals surface area contributed by atoms with Crippen LogP contribution in [0.5, 0.6) is 0 Å². The number of piperazine rings is 1. The number of thiophene rings is 1. The number of rotatable bonds is 3. The molecule has 19 heavy (non-hydrogen) atoms. The third-order valence-corrected chi connectivity index (χ3v) is 4.63. The SMILES string of the molecule is CC(=O)N1CCN(CC(=O)c2cc(Cl)sc2Cl)CC1. The van der Waals surface area contributed by atoms with Gasteiger partial charge in [-0.2, -0.15) is 0 Å². The first kappa shape index (κ1) is 14.8. The summed E-state index contributed by atoms with van der Waals surface area (Å²) in [4.78, 5) is 27.1. The zero-order valence-electron chi connectivity index (χ0n) is 10.5. The molecular formula is C12H14Cl2N2O2S. The van der Waals surface area contributed by atoms with Crippen molar-refractivity contribution in [2.45, 2.75) is 6.92 Å². The Hall–Kier alpha value is -0.620. The van der Waals surface area contributed by atoms with Crippen molar-refractivity contribution in [2.75, 3.05) is 32.7 Å². The molecule has 4 nitrogen and oxygen atoms in total. The maximum atomic E-state index is 12.1. The second-order valence-electron chi connectivity index (χ2n) is 4.44. The van der Waals surface area contributed by atoms with Crippen LogP contribution in [0.25, 0.3) is 0 Å². The van der Waals surface area contributed by atoms with Crippen LogP contribution in [-0.2, 0) is 4.79 Å². The summed E-state index contributed by atoms with van der Waals surface area (Å²) in [5.74, 6) is 0.0584. The Morgan fingerprint density at radius 3 is 2.37 bits per heavy atom. The van der Waals surface area contributed by atoms with Crippen LogP contribution in [0.3, 0.4) is 0 Å². The highest BCUT2D eigenvalue weighted by Crippen LogP contribution is 2.31. The number of amides is 1.